The van der Waals surface area contributed by atoms with Crippen molar-refractivity contribution in [3.63, 3.8) is 0 Å². The summed E-state index contributed by atoms with van der Waals surface area (Å²) in [5.41, 5.74) is 2.61. The van der Waals surface area contributed by atoms with Crippen molar-refractivity contribution in [2.45, 2.75) is 25.6 Å². The highest BCUT2D eigenvalue weighted by atomic mass is 16.5. The third kappa shape index (κ3) is 3.53. The van der Waals surface area contributed by atoms with Crippen molar-refractivity contribution in [1.29, 1.82) is 0 Å². The highest BCUT2D eigenvalue weighted by molar-refractivity contribution is 5.22. The largest absolute Gasteiger partial charge is 0.380 e. The average Bonchev–Trinajstić information content (AvgIpc) is 2.86. The van der Waals surface area contributed by atoms with Crippen LogP contribution < -0.4 is 5.32 Å². The molecule has 1 fully saturated rings. The van der Waals surface area contributed by atoms with E-state index in [9.17, 15) is 0 Å². The van der Waals surface area contributed by atoms with Gasteiger partial charge in [-0.1, -0.05) is 24.3 Å². The Morgan fingerprint density at radius 3 is 2.59 bits per heavy atom. The number of hydrogen-bond acceptors (Lipinski definition) is 3. The second kappa shape index (κ2) is 6.15. The molecule has 1 aliphatic heterocycles. The SMILES string of the molecule is COCc1ccc(CN(C)C2CCNC2)cc1. The first-order chi connectivity index (χ1) is 8.29. The van der Waals surface area contributed by atoms with E-state index in [1.54, 1.807) is 7.11 Å². The van der Waals surface area contributed by atoms with Crippen LogP contribution in [0.25, 0.3) is 0 Å². The molecule has 3 heteroatoms. The molecule has 94 valence electrons. The predicted molar refractivity (Wildman–Crippen MR) is 69.9 cm³/mol. The van der Waals surface area contributed by atoms with E-state index in [0.717, 1.165) is 19.6 Å². The minimum absolute atomic E-state index is 0.689. The maximum absolute atomic E-state index is 5.11. The monoisotopic (exact) mass is 234 g/mol. The third-order valence-corrected chi connectivity index (χ3v) is 3.42. The molecule has 1 heterocycles. The summed E-state index contributed by atoms with van der Waals surface area (Å²) >= 11 is 0. The van der Waals surface area contributed by atoms with Gasteiger partial charge in [0.1, 0.15) is 0 Å². The van der Waals surface area contributed by atoms with Crippen LogP contribution >= 0.6 is 0 Å². The Labute approximate surface area is 104 Å². The van der Waals surface area contributed by atoms with Crippen LogP contribution in [0.1, 0.15) is 17.5 Å². The Balaban J connectivity index is 1.89. The van der Waals surface area contributed by atoms with Crippen molar-refractivity contribution < 1.29 is 4.74 Å². The molecule has 2 rings (SSSR count). The van der Waals surface area contributed by atoms with Gasteiger partial charge in [-0.05, 0) is 31.1 Å². The van der Waals surface area contributed by atoms with Crippen LogP contribution in [0.2, 0.25) is 0 Å². The van der Waals surface area contributed by atoms with Crippen molar-refractivity contribution in [3.05, 3.63) is 35.4 Å². The zero-order chi connectivity index (χ0) is 12.1. The van der Waals surface area contributed by atoms with Crippen LogP contribution in [0.15, 0.2) is 24.3 Å². The van der Waals surface area contributed by atoms with Crippen molar-refractivity contribution in [2.24, 2.45) is 0 Å². The van der Waals surface area contributed by atoms with E-state index in [0.29, 0.717) is 12.6 Å². The lowest BCUT2D eigenvalue weighted by atomic mass is 10.1. The topological polar surface area (TPSA) is 24.5 Å². The Kier molecular flexibility index (Phi) is 4.54. The number of rotatable bonds is 5. The molecule has 1 unspecified atom stereocenters. The van der Waals surface area contributed by atoms with E-state index in [-0.39, 0.29) is 0 Å². The van der Waals surface area contributed by atoms with E-state index >= 15 is 0 Å². The first kappa shape index (κ1) is 12.6. The van der Waals surface area contributed by atoms with Gasteiger partial charge in [-0.3, -0.25) is 4.90 Å². The highest BCUT2D eigenvalue weighted by Gasteiger charge is 2.18. The van der Waals surface area contributed by atoms with Crippen LogP contribution in [0.5, 0.6) is 0 Å². The van der Waals surface area contributed by atoms with Crippen LogP contribution in [0.4, 0.5) is 0 Å². The summed E-state index contributed by atoms with van der Waals surface area (Å²) < 4.78 is 5.11. The van der Waals surface area contributed by atoms with Crippen LogP contribution in [-0.4, -0.2) is 38.2 Å². The molecular weight excluding hydrogens is 212 g/mol. The molecule has 1 aromatic carbocycles. The molecule has 1 aromatic rings. The van der Waals surface area contributed by atoms with Gasteiger partial charge in [0.2, 0.25) is 0 Å². The van der Waals surface area contributed by atoms with Crippen LogP contribution in [-0.2, 0) is 17.9 Å². The first-order valence-corrected chi connectivity index (χ1v) is 6.27. The second-order valence-electron chi connectivity index (χ2n) is 4.81. The molecular formula is C14H22N2O. The second-order valence-corrected chi connectivity index (χ2v) is 4.81. The average molecular weight is 234 g/mol. The molecule has 1 saturated heterocycles. The minimum Gasteiger partial charge on any atom is -0.380 e. The maximum Gasteiger partial charge on any atom is 0.0713 e. The quantitative estimate of drug-likeness (QED) is 0.838. The number of nitrogens with zero attached hydrogens (tertiary/aromatic N) is 1. The number of nitrogens with one attached hydrogen (secondary N) is 1. The lowest BCUT2D eigenvalue weighted by Gasteiger charge is -2.23. The molecule has 0 radical (unpaired) electrons. The molecule has 1 atom stereocenters. The summed E-state index contributed by atoms with van der Waals surface area (Å²) in [6, 6.07) is 9.40. The smallest absolute Gasteiger partial charge is 0.0713 e. The van der Waals surface area contributed by atoms with Gasteiger partial charge < -0.3 is 10.1 Å². The molecule has 0 saturated carbocycles. The van der Waals surface area contributed by atoms with Crippen molar-refractivity contribution in [1.82, 2.24) is 10.2 Å². The van der Waals surface area contributed by atoms with E-state index in [2.05, 4.69) is 41.5 Å². The Morgan fingerprint density at radius 1 is 1.29 bits per heavy atom. The number of benzene rings is 1. The van der Waals surface area contributed by atoms with E-state index < -0.39 is 0 Å². The normalized spacial score (nSPS) is 20.1. The standard InChI is InChI=1S/C14H22N2O/c1-16(14-7-8-15-9-14)10-12-3-5-13(6-4-12)11-17-2/h3-6,14-15H,7-11H2,1-2H3. The van der Waals surface area contributed by atoms with Crippen molar-refractivity contribution >= 4 is 0 Å². The van der Waals surface area contributed by atoms with Crippen molar-refractivity contribution in [3.8, 4) is 0 Å². The number of methoxy groups -OCH3 is 1. The Bertz CT molecular complexity index is 331. The maximum atomic E-state index is 5.11. The summed E-state index contributed by atoms with van der Waals surface area (Å²) in [6.45, 7) is 4.00. The van der Waals surface area contributed by atoms with Crippen LogP contribution in [0.3, 0.4) is 0 Å². The number of ether oxygens (including phenoxy) is 1. The van der Waals surface area contributed by atoms with Gasteiger partial charge >= 0.3 is 0 Å². The fraction of sp³-hybridized carbons (Fsp3) is 0.571. The van der Waals surface area contributed by atoms with Gasteiger partial charge in [-0.25, -0.2) is 0 Å². The molecule has 1 aliphatic rings. The fourth-order valence-corrected chi connectivity index (χ4v) is 2.34. The van der Waals surface area contributed by atoms with Gasteiger partial charge in [0, 0.05) is 26.2 Å². The molecule has 0 aromatic heterocycles. The van der Waals surface area contributed by atoms with Gasteiger partial charge in [-0.2, -0.15) is 0 Å². The van der Waals surface area contributed by atoms with Crippen molar-refractivity contribution in [2.75, 3.05) is 27.2 Å². The van der Waals surface area contributed by atoms with E-state index in [1.165, 1.54) is 17.5 Å². The molecule has 1 N–H and O–H groups in total. The fourth-order valence-electron chi connectivity index (χ4n) is 2.34. The Hall–Kier alpha value is -0.900. The molecule has 3 nitrogen and oxygen atoms in total. The van der Waals surface area contributed by atoms with Gasteiger partial charge in [0.15, 0.2) is 0 Å². The molecule has 0 bridgehead atoms. The zero-order valence-corrected chi connectivity index (χ0v) is 10.8. The molecule has 17 heavy (non-hydrogen) atoms. The third-order valence-electron chi connectivity index (χ3n) is 3.42. The first-order valence-electron chi connectivity index (χ1n) is 6.27. The van der Waals surface area contributed by atoms with Gasteiger partial charge in [0.25, 0.3) is 0 Å². The number of hydrogen-bond donors (Lipinski definition) is 1. The minimum atomic E-state index is 0.689. The summed E-state index contributed by atoms with van der Waals surface area (Å²) in [6.07, 6.45) is 1.26. The molecule has 0 spiro atoms. The summed E-state index contributed by atoms with van der Waals surface area (Å²) in [4.78, 5) is 2.44. The van der Waals surface area contributed by atoms with E-state index in [4.69, 9.17) is 4.74 Å². The molecule has 0 aliphatic carbocycles. The summed E-state index contributed by atoms with van der Waals surface area (Å²) in [7, 11) is 3.94. The van der Waals surface area contributed by atoms with Gasteiger partial charge in [-0.15, -0.1) is 0 Å². The van der Waals surface area contributed by atoms with E-state index in [1.807, 2.05) is 0 Å². The van der Waals surface area contributed by atoms with Gasteiger partial charge in [0.05, 0.1) is 6.61 Å². The molecule has 0 amide bonds. The summed E-state index contributed by atoms with van der Waals surface area (Å²) in [5, 5.41) is 3.41. The highest BCUT2D eigenvalue weighted by Crippen LogP contribution is 2.12. The number of likely N-dealkylation sites (N-methyl/N-ethyl adjacent to an activating group) is 1. The summed E-state index contributed by atoms with van der Waals surface area (Å²) in [5.74, 6) is 0. The van der Waals surface area contributed by atoms with Crippen LogP contribution in [0, 0.1) is 0 Å². The zero-order valence-electron chi connectivity index (χ0n) is 10.8. The lowest BCUT2D eigenvalue weighted by Crippen LogP contribution is -2.32. The lowest BCUT2D eigenvalue weighted by molar-refractivity contribution is 0.185. The Morgan fingerprint density at radius 2 is 2.00 bits per heavy atom. The predicted octanol–water partition coefficient (Wildman–Crippen LogP) is 1.63.